The van der Waals surface area contributed by atoms with Gasteiger partial charge in [0.25, 0.3) is 0 Å². The van der Waals surface area contributed by atoms with E-state index in [-0.39, 0.29) is 17.6 Å². The molecule has 0 rings (SSSR count). The zero-order valence-electron chi connectivity index (χ0n) is 26.4. The van der Waals surface area contributed by atoms with Crippen molar-refractivity contribution >= 4 is 11.8 Å². The van der Waals surface area contributed by atoms with Crippen LogP contribution >= 0.6 is 0 Å². The molecule has 0 aromatic heterocycles. The van der Waals surface area contributed by atoms with Crippen LogP contribution in [0.4, 0.5) is 0 Å². The third-order valence-electron chi connectivity index (χ3n) is 6.92. The number of unbranched alkanes of at least 4 members (excludes halogenated alkanes) is 10. The predicted octanol–water partition coefficient (Wildman–Crippen LogP) is 5.87. The molecule has 0 atom stereocenters. The zero-order valence-corrected chi connectivity index (χ0v) is 26.4. The second-order valence-electron chi connectivity index (χ2n) is 12.9. The topological polar surface area (TPSA) is 78.4 Å². The second kappa shape index (κ2) is 22.9. The van der Waals surface area contributed by atoms with Crippen molar-refractivity contribution in [1.82, 2.24) is 10.6 Å². The van der Waals surface area contributed by atoms with Gasteiger partial charge < -0.3 is 24.7 Å². The van der Waals surface area contributed by atoms with E-state index in [4.69, 9.17) is 0 Å². The van der Waals surface area contributed by atoms with Gasteiger partial charge in [-0.2, -0.15) is 0 Å². The molecule has 0 aliphatic carbocycles. The third-order valence-corrected chi connectivity index (χ3v) is 6.92. The monoisotopic (exact) mass is 552 g/mol. The molecule has 0 spiro atoms. The summed E-state index contributed by atoms with van der Waals surface area (Å²) in [4.78, 5) is 23.9. The highest BCUT2D eigenvalue weighted by atomic mass is 16.3. The van der Waals surface area contributed by atoms with Crippen LogP contribution in [0.25, 0.3) is 0 Å². The summed E-state index contributed by atoms with van der Waals surface area (Å²) in [5, 5.41) is 15.4. The summed E-state index contributed by atoms with van der Waals surface area (Å²) in [6.45, 7) is 7.58. The van der Waals surface area contributed by atoms with Crippen molar-refractivity contribution in [2.24, 2.45) is 0 Å². The van der Waals surface area contributed by atoms with E-state index in [2.05, 4.69) is 64.6 Å². The molecule has 0 bridgehead atoms. The van der Waals surface area contributed by atoms with Crippen LogP contribution in [-0.2, 0) is 9.59 Å². The number of hydrogen-bond donors (Lipinski definition) is 3. The number of carbonyl (C=O) groups is 2. The third kappa shape index (κ3) is 29.0. The second-order valence-corrected chi connectivity index (χ2v) is 12.9. The first-order chi connectivity index (χ1) is 18.4. The molecule has 0 unspecified atom stereocenters. The zero-order chi connectivity index (χ0) is 29.4. The number of aliphatic hydroxyl groups is 1. The minimum atomic E-state index is 0.154. The number of carbonyl (C=O) groups excluding carboxylic acids is 2. The van der Waals surface area contributed by atoms with Crippen molar-refractivity contribution in [3.05, 3.63) is 24.5 Å². The predicted molar refractivity (Wildman–Crippen MR) is 166 cm³/mol. The summed E-state index contributed by atoms with van der Waals surface area (Å²) in [5.41, 5.74) is 0. The Hall–Kier alpha value is -1.86. The highest BCUT2D eigenvalue weighted by molar-refractivity contribution is 5.76. The maximum absolute atomic E-state index is 12.0. The van der Waals surface area contributed by atoms with Crippen LogP contribution in [0.3, 0.4) is 0 Å². The first-order valence-corrected chi connectivity index (χ1v) is 15.6. The molecule has 2 amide bonds. The Morgan fingerprint density at radius 1 is 0.641 bits per heavy atom. The van der Waals surface area contributed by atoms with Gasteiger partial charge in [0.15, 0.2) is 0 Å². The number of aliphatic hydroxyl groups excluding tert-OH is 1. The van der Waals surface area contributed by atoms with Gasteiger partial charge in [0, 0.05) is 38.8 Å². The molecule has 7 nitrogen and oxygen atoms in total. The van der Waals surface area contributed by atoms with Crippen molar-refractivity contribution in [2.75, 3.05) is 68.0 Å². The van der Waals surface area contributed by atoms with Crippen molar-refractivity contribution in [1.29, 1.82) is 0 Å². The Morgan fingerprint density at radius 2 is 1.05 bits per heavy atom. The van der Waals surface area contributed by atoms with Gasteiger partial charge in [0.1, 0.15) is 12.3 Å². The van der Waals surface area contributed by atoms with E-state index >= 15 is 0 Å². The average molecular weight is 553 g/mol. The number of rotatable bonds is 26. The molecule has 0 aliphatic rings. The van der Waals surface area contributed by atoms with Crippen LogP contribution in [0.2, 0.25) is 0 Å². The maximum atomic E-state index is 12.0. The molecule has 0 fully saturated rings. The normalized spacial score (nSPS) is 12.1. The summed E-state index contributed by atoms with van der Waals surface area (Å²) in [6, 6.07) is 0. The number of nitrogens with zero attached hydrogens (tertiary/aromatic N) is 2. The Morgan fingerprint density at radius 3 is 1.49 bits per heavy atom. The van der Waals surface area contributed by atoms with Gasteiger partial charge >= 0.3 is 0 Å². The minimum absolute atomic E-state index is 0.154. The molecule has 0 aromatic carbocycles. The quantitative estimate of drug-likeness (QED) is 0.0543. The summed E-state index contributed by atoms with van der Waals surface area (Å²) in [5.74, 6) is 0.568. The molecule has 3 N–H and O–H groups in total. The summed E-state index contributed by atoms with van der Waals surface area (Å²) < 4.78 is 1.63. The Kier molecular flexibility index (Phi) is 21.8. The van der Waals surface area contributed by atoms with E-state index in [1.165, 1.54) is 38.5 Å². The van der Waals surface area contributed by atoms with Crippen molar-refractivity contribution in [2.45, 2.75) is 103 Å². The first kappa shape index (κ1) is 37.1. The summed E-state index contributed by atoms with van der Waals surface area (Å²) >= 11 is 0. The lowest BCUT2D eigenvalue weighted by Crippen LogP contribution is -2.43. The summed E-state index contributed by atoms with van der Waals surface area (Å²) in [6.07, 6.45) is 21.8. The van der Waals surface area contributed by atoms with Crippen molar-refractivity contribution in [3.8, 4) is 0 Å². The van der Waals surface area contributed by atoms with E-state index in [1.54, 1.807) is 0 Å². The molecule has 0 saturated heterocycles. The van der Waals surface area contributed by atoms with Crippen LogP contribution in [-0.4, -0.2) is 93.8 Å². The highest BCUT2D eigenvalue weighted by Crippen LogP contribution is 2.10. The van der Waals surface area contributed by atoms with Crippen LogP contribution in [0.5, 0.6) is 0 Å². The van der Waals surface area contributed by atoms with Gasteiger partial charge in [-0.1, -0.05) is 57.3 Å². The standard InChI is InChI=1S/C32H62N4O3/c1-30(37)29-36(5,6)28-22-26-34-32(39)24-20-18-16-14-12-10-8-7-9-11-13-15-17-19-23-31(38)33-25-21-27-35(2,3)4/h7-8H,1,9-29H2,2-6H3,(H-2,33,34,37,38,39)/p+2/b8-7+. The maximum Gasteiger partial charge on any atom is 0.219 e. The number of amides is 2. The Labute approximate surface area is 241 Å². The van der Waals surface area contributed by atoms with Crippen LogP contribution < -0.4 is 10.6 Å². The molecule has 228 valence electrons. The number of hydrogen-bond acceptors (Lipinski definition) is 3. The van der Waals surface area contributed by atoms with E-state index in [0.717, 1.165) is 75.5 Å². The van der Waals surface area contributed by atoms with Gasteiger partial charge in [-0.05, 0) is 38.5 Å². The smallest absolute Gasteiger partial charge is 0.219 e. The van der Waals surface area contributed by atoms with Gasteiger partial charge in [-0.25, -0.2) is 0 Å². The molecular weight excluding hydrogens is 488 g/mol. The lowest BCUT2D eigenvalue weighted by molar-refractivity contribution is -0.886. The minimum Gasteiger partial charge on any atom is -0.507 e. The Bertz CT molecular complexity index is 683. The van der Waals surface area contributed by atoms with Gasteiger partial charge in [-0.3, -0.25) is 9.59 Å². The summed E-state index contributed by atoms with van der Waals surface area (Å²) in [7, 11) is 10.7. The van der Waals surface area contributed by atoms with Gasteiger partial charge in [0.05, 0.1) is 48.3 Å². The average Bonchev–Trinajstić information content (AvgIpc) is 2.83. The molecular formula is C32H64N4O3+2. The molecule has 7 heteroatoms. The van der Waals surface area contributed by atoms with Crippen molar-refractivity contribution < 1.29 is 23.7 Å². The van der Waals surface area contributed by atoms with E-state index < -0.39 is 0 Å². The van der Waals surface area contributed by atoms with Gasteiger partial charge in [-0.15, -0.1) is 0 Å². The number of quaternary nitrogens is 2. The molecule has 39 heavy (non-hydrogen) atoms. The number of allylic oxidation sites excluding steroid dienone is 2. The number of likely N-dealkylation sites (N-methyl/N-ethyl adjacent to an activating group) is 1. The lowest BCUT2D eigenvalue weighted by Gasteiger charge is -2.29. The fraction of sp³-hybridized carbons (Fsp3) is 0.812. The van der Waals surface area contributed by atoms with E-state index in [0.29, 0.717) is 30.4 Å². The highest BCUT2D eigenvalue weighted by Gasteiger charge is 2.15. The van der Waals surface area contributed by atoms with Crippen molar-refractivity contribution in [3.63, 3.8) is 0 Å². The molecule has 0 saturated carbocycles. The van der Waals surface area contributed by atoms with Gasteiger partial charge in [0.2, 0.25) is 11.8 Å². The fourth-order valence-electron chi connectivity index (χ4n) is 4.66. The first-order valence-electron chi connectivity index (χ1n) is 15.6. The van der Waals surface area contributed by atoms with E-state index in [1.807, 2.05) is 0 Å². The van der Waals surface area contributed by atoms with Crippen LogP contribution in [0.1, 0.15) is 103 Å². The van der Waals surface area contributed by atoms with E-state index in [9.17, 15) is 14.7 Å². The lowest BCUT2D eigenvalue weighted by atomic mass is 10.1. The molecule has 0 aliphatic heterocycles. The largest absolute Gasteiger partial charge is 0.507 e. The molecule has 0 heterocycles. The fourth-order valence-corrected chi connectivity index (χ4v) is 4.66. The Balaban J connectivity index is 3.41. The van der Waals surface area contributed by atoms with Crippen LogP contribution in [0, 0.1) is 0 Å². The van der Waals surface area contributed by atoms with Crippen LogP contribution in [0.15, 0.2) is 24.5 Å². The molecule has 0 radical (unpaired) electrons. The molecule has 0 aromatic rings. The number of nitrogens with one attached hydrogen (secondary N) is 2. The SMILES string of the molecule is C=C(O)C[N+](C)(C)CCCNC(=O)CCCCCCC/C=C/CCCCCCCC(=O)NCCC[N+](C)(C)C.